The molecule has 33 heavy (non-hydrogen) atoms. The largest absolute Gasteiger partial charge is 0.488 e. The molecular weight excluding hydrogens is 422 g/mol. The van der Waals surface area contributed by atoms with Crippen LogP contribution in [0.15, 0.2) is 23.0 Å². The number of allylic oxidation sites excluding steroid dienone is 4. The van der Waals surface area contributed by atoms with Gasteiger partial charge in [0.15, 0.2) is 6.61 Å². The number of nitrogens with one attached hydrogen (secondary N) is 2. The number of aliphatic hydroxyl groups is 2. The zero-order valence-corrected chi connectivity index (χ0v) is 20.1. The number of carbonyl (C=O) groups is 1. The monoisotopic (exact) mass is 461 g/mol. The third-order valence-corrected chi connectivity index (χ3v) is 7.27. The number of H-pyrrole nitrogens is 1. The second kappa shape index (κ2) is 12.3. The molecule has 2 aliphatic rings. The number of carbonyl (C=O) groups excluding carboxylic acids is 1. The highest BCUT2D eigenvalue weighted by Crippen LogP contribution is 2.51. The third-order valence-electron chi connectivity index (χ3n) is 7.27. The van der Waals surface area contributed by atoms with E-state index in [1.165, 1.54) is 5.57 Å². The number of aliphatic hydroxyl groups excluding tert-OH is 2. The number of hydrogen-bond donors (Lipinski definition) is 4. The molecule has 184 valence electrons. The average Bonchev–Trinajstić information content (AvgIpc) is 3.41. The van der Waals surface area contributed by atoms with Crippen LogP contribution in [0, 0.1) is 17.8 Å². The van der Waals surface area contributed by atoms with Gasteiger partial charge in [0.25, 0.3) is 11.9 Å². The lowest BCUT2D eigenvalue weighted by atomic mass is 9.72. The van der Waals surface area contributed by atoms with Crippen molar-refractivity contribution in [2.45, 2.75) is 90.8 Å². The lowest BCUT2D eigenvalue weighted by Crippen LogP contribution is -2.26. The Morgan fingerprint density at radius 3 is 2.85 bits per heavy atom. The van der Waals surface area contributed by atoms with Crippen LogP contribution in [0.2, 0.25) is 0 Å². The Hall–Kier alpha value is -2.26. The highest BCUT2D eigenvalue weighted by Gasteiger charge is 2.45. The topological polar surface area (TPSA) is 133 Å². The fraction of sp³-hybridized carbons (Fsp3) is 0.750. The van der Waals surface area contributed by atoms with Crippen molar-refractivity contribution >= 4 is 11.9 Å². The molecule has 2 fully saturated rings. The van der Waals surface area contributed by atoms with Crippen molar-refractivity contribution in [3.05, 3.63) is 23.0 Å². The Balaban J connectivity index is 1.56. The predicted molar refractivity (Wildman–Crippen MR) is 125 cm³/mol. The summed E-state index contributed by atoms with van der Waals surface area (Å²) in [6.07, 6.45) is 9.95. The zero-order chi connectivity index (χ0) is 23.8. The number of anilines is 1. The van der Waals surface area contributed by atoms with E-state index in [4.69, 9.17) is 4.74 Å². The van der Waals surface area contributed by atoms with Crippen LogP contribution >= 0.6 is 0 Å². The summed E-state index contributed by atoms with van der Waals surface area (Å²) in [5.41, 5.74) is 2.37. The Morgan fingerprint density at radius 2 is 2.15 bits per heavy atom. The molecule has 2 saturated carbocycles. The van der Waals surface area contributed by atoms with Gasteiger partial charge in [-0.25, -0.2) is 0 Å². The van der Waals surface area contributed by atoms with E-state index in [0.29, 0.717) is 11.8 Å². The van der Waals surface area contributed by atoms with Crippen LogP contribution in [-0.4, -0.2) is 55.6 Å². The standard InChI is InChI=1S/C24H39N5O4/c1-4-6-7-8-18(30)9-10-19-21-11-16(5-2)20(12-17(21)13-22(19)31)15(3)33-14-23(32)25-24-26-28-29-27-24/h5,17-19,21-22,30-31H,4,6-14H2,1-3H3,(H2,25,26,27,28,29,32)/b16-5-,20-15+/t17-,18-,19+,21-,22+/m0/s1. The molecule has 5 atom stereocenters. The summed E-state index contributed by atoms with van der Waals surface area (Å²) < 4.78 is 5.80. The van der Waals surface area contributed by atoms with Crippen LogP contribution in [0.1, 0.15) is 78.6 Å². The minimum absolute atomic E-state index is 0.116. The van der Waals surface area contributed by atoms with Gasteiger partial charge in [0.1, 0.15) is 0 Å². The van der Waals surface area contributed by atoms with Gasteiger partial charge in [0.05, 0.1) is 18.0 Å². The summed E-state index contributed by atoms with van der Waals surface area (Å²) in [4.78, 5) is 12.1. The van der Waals surface area contributed by atoms with E-state index in [1.807, 2.05) is 13.8 Å². The number of amides is 1. The average molecular weight is 462 g/mol. The second-order valence-electron chi connectivity index (χ2n) is 9.45. The fourth-order valence-corrected chi connectivity index (χ4v) is 5.48. The summed E-state index contributed by atoms with van der Waals surface area (Å²) in [6.45, 7) is 5.97. The molecule has 0 aromatic carbocycles. The summed E-state index contributed by atoms with van der Waals surface area (Å²) in [5.74, 6) is 1.56. The summed E-state index contributed by atoms with van der Waals surface area (Å²) >= 11 is 0. The second-order valence-corrected chi connectivity index (χ2v) is 9.45. The van der Waals surface area contributed by atoms with Gasteiger partial charge in [-0.3, -0.25) is 10.1 Å². The highest BCUT2D eigenvalue weighted by atomic mass is 16.5. The Kier molecular flexibility index (Phi) is 9.43. The minimum Gasteiger partial charge on any atom is -0.488 e. The minimum atomic E-state index is -0.346. The van der Waals surface area contributed by atoms with Crippen molar-refractivity contribution < 1.29 is 19.7 Å². The van der Waals surface area contributed by atoms with Crippen molar-refractivity contribution in [3.63, 3.8) is 0 Å². The number of tetrazole rings is 1. The maximum Gasteiger partial charge on any atom is 0.269 e. The maximum absolute atomic E-state index is 12.1. The van der Waals surface area contributed by atoms with Gasteiger partial charge >= 0.3 is 0 Å². The van der Waals surface area contributed by atoms with Crippen LogP contribution in [0.25, 0.3) is 0 Å². The Labute approximate surface area is 196 Å². The number of unbranched alkanes of at least 4 members (excludes halogenated alkanes) is 2. The van der Waals surface area contributed by atoms with Crippen LogP contribution in [0.4, 0.5) is 5.95 Å². The molecule has 0 aliphatic heterocycles. The highest BCUT2D eigenvalue weighted by molar-refractivity contribution is 5.89. The SMILES string of the molecule is C/C=C1/C[C@H]2[C@@H](C/C1=C(/C)OCC(=O)Nc1nn[nH]n1)C[C@@H](O)[C@@H]2CC[C@@H](O)CCCCC. The number of fused-ring (bicyclic) bond motifs is 1. The summed E-state index contributed by atoms with van der Waals surface area (Å²) in [7, 11) is 0. The van der Waals surface area contributed by atoms with E-state index in [2.05, 4.69) is 38.9 Å². The first-order valence-electron chi connectivity index (χ1n) is 12.3. The molecule has 3 rings (SSSR count). The van der Waals surface area contributed by atoms with E-state index < -0.39 is 0 Å². The lowest BCUT2D eigenvalue weighted by Gasteiger charge is -2.34. The fourth-order valence-electron chi connectivity index (χ4n) is 5.48. The summed E-state index contributed by atoms with van der Waals surface area (Å²) in [5, 5.41) is 36.8. The van der Waals surface area contributed by atoms with Crippen LogP contribution in [-0.2, 0) is 9.53 Å². The van der Waals surface area contributed by atoms with Gasteiger partial charge in [-0.1, -0.05) is 37.4 Å². The van der Waals surface area contributed by atoms with Gasteiger partial charge in [0, 0.05) is 0 Å². The number of hydrogen-bond acceptors (Lipinski definition) is 7. The van der Waals surface area contributed by atoms with E-state index in [1.54, 1.807) is 0 Å². The van der Waals surface area contributed by atoms with Crippen LogP contribution < -0.4 is 5.32 Å². The Bertz CT molecular complexity index is 823. The smallest absolute Gasteiger partial charge is 0.269 e. The van der Waals surface area contributed by atoms with Gasteiger partial charge in [-0.05, 0) is 86.5 Å². The van der Waals surface area contributed by atoms with Crippen molar-refractivity contribution in [2.24, 2.45) is 17.8 Å². The van der Waals surface area contributed by atoms with Crippen molar-refractivity contribution in [1.29, 1.82) is 0 Å². The van der Waals surface area contributed by atoms with Crippen molar-refractivity contribution in [2.75, 3.05) is 11.9 Å². The molecule has 4 N–H and O–H groups in total. The zero-order valence-electron chi connectivity index (χ0n) is 20.1. The number of ether oxygens (including phenoxy) is 1. The van der Waals surface area contributed by atoms with E-state index in [9.17, 15) is 15.0 Å². The first-order chi connectivity index (χ1) is 15.9. The summed E-state index contributed by atoms with van der Waals surface area (Å²) in [6, 6.07) is 0. The molecule has 0 bridgehead atoms. The number of aromatic amines is 1. The molecule has 1 aromatic heterocycles. The van der Waals surface area contributed by atoms with Gasteiger partial charge in [-0.15, -0.1) is 5.10 Å². The molecule has 0 spiro atoms. The van der Waals surface area contributed by atoms with Gasteiger partial charge in [-0.2, -0.15) is 5.21 Å². The molecule has 1 amide bonds. The number of aromatic nitrogens is 4. The van der Waals surface area contributed by atoms with E-state index in [0.717, 1.165) is 69.1 Å². The van der Waals surface area contributed by atoms with E-state index in [-0.39, 0.29) is 36.6 Å². The lowest BCUT2D eigenvalue weighted by molar-refractivity contribution is -0.119. The molecule has 9 heteroatoms. The van der Waals surface area contributed by atoms with Gasteiger partial charge < -0.3 is 14.9 Å². The quantitative estimate of drug-likeness (QED) is 0.293. The predicted octanol–water partition coefficient (Wildman–Crippen LogP) is 3.50. The molecule has 9 nitrogen and oxygen atoms in total. The van der Waals surface area contributed by atoms with E-state index >= 15 is 0 Å². The van der Waals surface area contributed by atoms with Crippen LogP contribution in [0.3, 0.4) is 0 Å². The molecule has 0 saturated heterocycles. The molecule has 0 radical (unpaired) electrons. The van der Waals surface area contributed by atoms with Crippen molar-refractivity contribution in [3.8, 4) is 0 Å². The third kappa shape index (κ3) is 6.86. The van der Waals surface area contributed by atoms with Crippen LogP contribution in [0.5, 0.6) is 0 Å². The first-order valence-corrected chi connectivity index (χ1v) is 12.3. The molecule has 2 aliphatic carbocycles. The molecule has 1 heterocycles. The van der Waals surface area contributed by atoms with Gasteiger partial charge in [0.2, 0.25) is 0 Å². The van der Waals surface area contributed by atoms with Crippen molar-refractivity contribution in [1.82, 2.24) is 20.6 Å². The number of nitrogens with zero attached hydrogens (tertiary/aromatic N) is 3. The first kappa shape index (κ1) is 25.4. The Morgan fingerprint density at radius 1 is 1.33 bits per heavy atom. The number of rotatable bonds is 11. The molecule has 1 aromatic rings. The maximum atomic E-state index is 12.1. The normalized spacial score (nSPS) is 28.5. The molecular formula is C24H39N5O4. The molecule has 0 unspecified atom stereocenters.